The predicted octanol–water partition coefficient (Wildman–Crippen LogP) is 5.13. The van der Waals surface area contributed by atoms with Crippen LogP contribution in [0.5, 0.6) is 0 Å². The highest BCUT2D eigenvalue weighted by atomic mass is 35.5. The van der Waals surface area contributed by atoms with Gasteiger partial charge in [0.2, 0.25) is 0 Å². The third-order valence-electron chi connectivity index (χ3n) is 6.12. The van der Waals surface area contributed by atoms with Crippen LogP contribution in [0.1, 0.15) is 35.7 Å². The van der Waals surface area contributed by atoms with E-state index in [9.17, 15) is 22.7 Å². The second-order valence-corrected chi connectivity index (χ2v) is 10.5. The Balaban J connectivity index is 1.44. The third kappa shape index (κ3) is 5.43. The van der Waals surface area contributed by atoms with Gasteiger partial charge in [0.1, 0.15) is 10.7 Å². The van der Waals surface area contributed by atoms with Gasteiger partial charge < -0.3 is 10.0 Å². The van der Waals surface area contributed by atoms with Gasteiger partial charge in [-0.3, -0.25) is 14.5 Å². The molecule has 0 saturated carbocycles. The number of anilines is 1. The maximum Gasteiger partial charge on any atom is 0.264 e. The van der Waals surface area contributed by atoms with Crippen LogP contribution in [0.4, 0.5) is 15.8 Å². The maximum absolute atomic E-state index is 13.6. The number of likely N-dealkylation sites (tertiary alicyclic amines) is 1. The van der Waals surface area contributed by atoms with E-state index >= 15 is 0 Å². The Hall–Kier alpha value is -3.27. The van der Waals surface area contributed by atoms with Crippen molar-refractivity contribution in [3.63, 3.8) is 0 Å². The van der Waals surface area contributed by atoms with Gasteiger partial charge in [-0.1, -0.05) is 29.8 Å². The van der Waals surface area contributed by atoms with E-state index in [1.165, 1.54) is 30.5 Å². The molecule has 1 saturated heterocycles. The standard InChI is InChI=1S/C26H25ClFN3O4S/c1-2-29-23-17-19(28)9-12-24(23)36(34,35)30-20-10-7-18(8-11-20)25(32)31-15-13-26(33,14-16-31)21-5-3-4-6-22(21)27/h2-12,17,30,33H,13-16H2,1H3/b29-2-. The van der Waals surface area contributed by atoms with Crippen molar-refractivity contribution < 1.29 is 22.7 Å². The number of hydrogen-bond acceptors (Lipinski definition) is 5. The number of sulfonamides is 1. The minimum Gasteiger partial charge on any atom is -0.385 e. The first-order valence-corrected chi connectivity index (χ1v) is 13.2. The van der Waals surface area contributed by atoms with E-state index in [0.717, 1.165) is 18.2 Å². The number of carbonyl (C=O) groups excluding carboxylic acids is 1. The van der Waals surface area contributed by atoms with Gasteiger partial charge >= 0.3 is 0 Å². The Morgan fingerprint density at radius 2 is 1.78 bits per heavy atom. The molecule has 0 radical (unpaired) electrons. The van der Waals surface area contributed by atoms with Crippen LogP contribution in [-0.4, -0.2) is 43.6 Å². The van der Waals surface area contributed by atoms with Crippen LogP contribution in [0.15, 0.2) is 76.6 Å². The number of aliphatic hydroxyl groups is 1. The minimum atomic E-state index is -4.04. The van der Waals surface area contributed by atoms with E-state index in [1.54, 1.807) is 30.0 Å². The molecule has 0 aromatic heterocycles. The summed E-state index contributed by atoms with van der Waals surface area (Å²) in [4.78, 5) is 18.4. The molecule has 1 fully saturated rings. The number of halogens is 2. The number of rotatable bonds is 6. The van der Waals surface area contributed by atoms with Crippen molar-refractivity contribution in [2.45, 2.75) is 30.3 Å². The van der Waals surface area contributed by atoms with Gasteiger partial charge in [-0.05, 0) is 62.2 Å². The molecule has 3 aromatic rings. The zero-order chi connectivity index (χ0) is 25.9. The van der Waals surface area contributed by atoms with E-state index in [4.69, 9.17) is 11.6 Å². The molecule has 0 bridgehead atoms. The van der Waals surface area contributed by atoms with E-state index in [0.29, 0.717) is 42.1 Å². The summed E-state index contributed by atoms with van der Waals surface area (Å²) in [6.45, 7) is 2.30. The first-order chi connectivity index (χ1) is 17.1. The van der Waals surface area contributed by atoms with Crippen LogP contribution in [0.25, 0.3) is 0 Å². The van der Waals surface area contributed by atoms with Gasteiger partial charge in [0, 0.05) is 47.2 Å². The number of benzene rings is 3. The van der Waals surface area contributed by atoms with Gasteiger partial charge in [0.15, 0.2) is 0 Å². The van der Waals surface area contributed by atoms with E-state index in [1.807, 2.05) is 6.07 Å². The summed E-state index contributed by atoms with van der Waals surface area (Å²) in [6.07, 6.45) is 2.07. The van der Waals surface area contributed by atoms with Crippen molar-refractivity contribution in [3.05, 3.63) is 88.7 Å². The molecular formula is C26H25ClFN3O4S. The molecule has 1 aliphatic rings. The first kappa shape index (κ1) is 25.8. The van der Waals surface area contributed by atoms with Crippen LogP contribution in [0, 0.1) is 5.82 Å². The maximum atomic E-state index is 13.6. The number of hydrogen-bond donors (Lipinski definition) is 2. The first-order valence-electron chi connectivity index (χ1n) is 11.3. The molecule has 188 valence electrons. The number of carbonyl (C=O) groups is 1. The van der Waals surface area contributed by atoms with Crippen LogP contribution in [0.3, 0.4) is 0 Å². The monoisotopic (exact) mass is 529 g/mol. The van der Waals surface area contributed by atoms with Gasteiger partial charge in [-0.25, -0.2) is 12.8 Å². The molecule has 0 spiro atoms. The van der Waals surface area contributed by atoms with Crippen molar-refractivity contribution in [1.29, 1.82) is 0 Å². The molecule has 0 aliphatic carbocycles. The Bertz CT molecular complexity index is 1400. The smallest absolute Gasteiger partial charge is 0.264 e. The number of aliphatic imine (C=N–C) groups is 1. The molecule has 1 amide bonds. The molecule has 3 aromatic carbocycles. The van der Waals surface area contributed by atoms with Gasteiger partial charge in [0.25, 0.3) is 15.9 Å². The summed E-state index contributed by atoms with van der Waals surface area (Å²) < 4.78 is 41.7. The lowest BCUT2D eigenvalue weighted by Gasteiger charge is -2.39. The topological polar surface area (TPSA) is 99.1 Å². The van der Waals surface area contributed by atoms with Crippen LogP contribution in [0.2, 0.25) is 5.02 Å². The lowest BCUT2D eigenvalue weighted by atomic mass is 9.84. The summed E-state index contributed by atoms with van der Waals surface area (Å²) in [7, 11) is -4.04. The van der Waals surface area contributed by atoms with Crippen LogP contribution in [-0.2, 0) is 15.6 Å². The lowest BCUT2D eigenvalue weighted by Crippen LogP contribution is -2.45. The molecule has 1 heterocycles. The third-order valence-corrected chi connectivity index (χ3v) is 7.87. The average Bonchev–Trinajstić information content (AvgIpc) is 2.85. The molecule has 1 aliphatic heterocycles. The lowest BCUT2D eigenvalue weighted by molar-refractivity contribution is -0.0210. The normalized spacial score (nSPS) is 15.7. The second kappa shape index (κ2) is 10.4. The second-order valence-electron chi connectivity index (χ2n) is 8.49. The molecular weight excluding hydrogens is 505 g/mol. The largest absolute Gasteiger partial charge is 0.385 e. The van der Waals surface area contributed by atoms with Crippen molar-refractivity contribution >= 4 is 45.1 Å². The highest BCUT2D eigenvalue weighted by Gasteiger charge is 2.37. The molecule has 0 atom stereocenters. The van der Waals surface area contributed by atoms with Crippen molar-refractivity contribution in [3.8, 4) is 0 Å². The molecule has 36 heavy (non-hydrogen) atoms. The molecule has 2 N–H and O–H groups in total. The Labute approximate surface area is 214 Å². The minimum absolute atomic E-state index is 0.0151. The zero-order valence-electron chi connectivity index (χ0n) is 19.5. The highest BCUT2D eigenvalue weighted by molar-refractivity contribution is 7.92. The van der Waals surface area contributed by atoms with Gasteiger partial charge in [-0.2, -0.15) is 0 Å². The molecule has 0 unspecified atom stereocenters. The van der Waals surface area contributed by atoms with E-state index < -0.39 is 21.4 Å². The van der Waals surface area contributed by atoms with Crippen LogP contribution >= 0.6 is 11.6 Å². The van der Waals surface area contributed by atoms with E-state index in [2.05, 4.69) is 9.71 Å². The summed E-state index contributed by atoms with van der Waals surface area (Å²) in [5.41, 5.74) is 0.175. The molecule has 4 rings (SSSR count). The van der Waals surface area contributed by atoms with Crippen molar-refractivity contribution in [2.75, 3.05) is 17.8 Å². The molecule has 7 nitrogen and oxygen atoms in total. The number of amides is 1. The van der Waals surface area contributed by atoms with Crippen LogP contribution < -0.4 is 4.72 Å². The Morgan fingerprint density at radius 3 is 2.42 bits per heavy atom. The molecule has 10 heteroatoms. The quantitative estimate of drug-likeness (QED) is 0.433. The van der Waals surface area contributed by atoms with Gasteiger partial charge in [-0.15, -0.1) is 0 Å². The summed E-state index contributed by atoms with van der Waals surface area (Å²) in [5.74, 6) is -0.816. The summed E-state index contributed by atoms with van der Waals surface area (Å²) >= 11 is 6.26. The zero-order valence-corrected chi connectivity index (χ0v) is 21.1. The number of nitrogens with zero attached hydrogens (tertiary/aromatic N) is 2. The fourth-order valence-electron chi connectivity index (χ4n) is 4.22. The predicted molar refractivity (Wildman–Crippen MR) is 138 cm³/mol. The average molecular weight is 530 g/mol. The SMILES string of the molecule is C/C=N\c1cc(F)ccc1S(=O)(=O)Nc1ccc(C(=O)N2CCC(O)(c3ccccc3Cl)CC2)cc1. The van der Waals surface area contributed by atoms with Crippen molar-refractivity contribution in [2.24, 2.45) is 4.99 Å². The fourth-order valence-corrected chi connectivity index (χ4v) is 5.72. The Morgan fingerprint density at radius 1 is 1.11 bits per heavy atom. The summed E-state index contributed by atoms with van der Waals surface area (Å²) in [5, 5.41) is 11.6. The highest BCUT2D eigenvalue weighted by Crippen LogP contribution is 2.37. The number of piperidine rings is 1. The fraction of sp³-hybridized carbons (Fsp3) is 0.231. The van der Waals surface area contributed by atoms with Crippen molar-refractivity contribution in [1.82, 2.24) is 4.90 Å². The Kier molecular flexibility index (Phi) is 7.44. The number of nitrogens with one attached hydrogen (secondary N) is 1. The summed E-state index contributed by atoms with van der Waals surface area (Å²) in [6, 6.07) is 16.4. The van der Waals surface area contributed by atoms with Gasteiger partial charge in [0.05, 0.1) is 11.3 Å². The van der Waals surface area contributed by atoms with E-state index in [-0.39, 0.29) is 22.2 Å².